The van der Waals surface area contributed by atoms with Crippen molar-refractivity contribution < 1.29 is 19.0 Å². The van der Waals surface area contributed by atoms with Gasteiger partial charge in [0.05, 0.1) is 34.9 Å². The van der Waals surface area contributed by atoms with E-state index in [0.29, 0.717) is 17.9 Å². The van der Waals surface area contributed by atoms with E-state index in [1.807, 2.05) is 12.1 Å². The predicted molar refractivity (Wildman–Crippen MR) is 94.2 cm³/mol. The Morgan fingerprint density at radius 2 is 1.92 bits per heavy atom. The summed E-state index contributed by atoms with van der Waals surface area (Å²) in [5, 5.41) is 18.0. The van der Waals surface area contributed by atoms with Crippen LogP contribution in [0.1, 0.15) is 25.0 Å². The number of hydrogen-bond acceptors (Lipinski definition) is 6. The molecular formula is C19H15ClN2O4. The fourth-order valence-corrected chi connectivity index (χ4v) is 2.32. The van der Waals surface area contributed by atoms with Crippen LogP contribution in [0.5, 0.6) is 17.2 Å². The Labute approximate surface area is 156 Å². The smallest absolute Gasteiger partial charge is 0.352 e. The largest absolute Gasteiger partial charge is 0.490 e. The quantitative estimate of drug-likeness (QED) is 0.566. The molecule has 0 radical (unpaired) electrons. The number of nitriles is 2. The fraction of sp³-hybridized carbons (Fsp3) is 0.211. The van der Waals surface area contributed by atoms with Gasteiger partial charge in [0.1, 0.15) is 5.75 Å². The van der Waals surface area contributed by atoms with Crippen LogP contribution in [0.25, 0.3) is 0 Å². The zero-order valence-electron chi connectivity index (χ0n) is 14.2. The summed E-state index contributed by atoms with van der Waals surface area (Å²) in [5.74, 6) is -0.105. The number of halogens is 1. The lowest BCUT2D eigenvalue weighted by Crippen LogP contribution is -2.28. The van der Waals surface area contributed by atoms with Crippen molar-refractivity contribution in [3.63, 3.8) is 0 Å². The molecule has 1 atom stereocenters. The minimum Gasteiger partial charge on any atom is -0.490 e. The first-order valence-corrected chi connectivity index (χ1v) is 8.11. The van der Waals surface area contributed by atoms with Gasteiger partial charge in [0, 0.05) is 6.07 Å². The molecule has 2 aromatic rings. The van der Waals surface area contributed by atoms with E-state index in [2.05, 4.69) is 0 Å². The summed E-state index contributed by atoms with van der Waals surface area (Å²) >= 11 is 6.11. The molecule has 2 rings (SSSR count). The molecule has 0 aliphatic heterocycles. The van der Waals surface area contributed by atoms with Gasteiger partial charge in [-0.2, -0.15) is 10.5 Å². The van der Waals surface area contributed by atoms with E-state index in [1.165, 1.54) is 25.1 Å². The third-order valence-electron chi connectivity index (χ3n) is 3.25. The third kappa shape index (κ3) is 4.66. The summed E-state index contributed by atoms with van der Waals surface area (Å²) < 4.78 is 16.2. The maximum Gasteiger partial charge on any atom is 0.352 e. The van der Waals surface area contributed by atoms with E-state index in [9.17, 15) is 4.79 Å². The first-order chi connectivity index (χ1) is 12.5. The van der Waals surface area contributed by atoms with Crippen molar-refractivity contribution in [3.8, 4) is 29.4 Å². The molecule has 0 amide bonds. The highest BCUT2D eigenvalue weighted by molar-refractivity contribution is 6.32. The maximum atomic E-state index is 12.3. The lowest BCUT2D eigenvalue weighted by atomic mass is 10.2. The summed E-state index contributed by atoms with van der Waals surface area (Å²) in [6.45, 7) is 3.58. The Balaban J connectivity index is 2.18. The van der Waals surface area contributed by atoms with Gasteiger partial charge in [0.25, 0.3) is 0 Å². The van der Waals surface area contributed by atoms with E-state index in [0.717, 1.165) is 0 Å². The molecule has 132 valence electrons. The topological polar surface area (TPSA) is 92.3 Å². The molecule has 0 aromatic heterocycles. The number of hydrogen-bond donors (Lipinski definition) is 0. The lowest BCUT2D eigenvalue weighted by molar-refractivity contribution is -0.141. The Kier molecular flexibility index (Phi) is 6.43. The highest BCUT2D eigenvalue weighted by atomic mass is 35.5. The van der Waals surface area contributed by atoms with E-state index >= 15 is 0 Å². The van der Waals surface area contributed by atoms with E-state index in [-0.39, 0.29) is 22.1 Å². The predicted octanol–water partition coefficient (Wildman–Crippen LogP) is 3.85. The minimum atomic E-state index is -0.954. The van der Waals surface area contributed by atoms with Crippen molar-refractivity contribution in [1.29, 1.82) is 10.5 Å². The van der Waals surface area contributed by atoms with Gasteiger partial charge in [-0.05, 0) is 38.1 Å². The van der Waals surface area contributed by atoms with E-state index in [4.69, 9.17) is 36.3 Å². The zero-order valence-corrected chi connectivity index (χ0v) is 14.9. The molecule has 0 fully saturated rings. The Bertz CT molecular complexity index is 899. The molecule has 0 aliphatic rings. The number of carbonyl (C=O) groups is 1. The second kappa shape index (κ2) is 8.75. The van der Waals surface area contributed by atoms with Gasteiger partial charge in [-0.1, -0.05) is 17.7 Å². The SMILES string of the molecule is CCOc1cc(C#N)cc(Cl)c1OC(=O)C(C)Oc1cccc(C#N)c1. The van der Waals surface area contributed by atoms with Crippen molar-refractivity contribution >= 4 is 17.6 Å². The molecule has 0 saturated heterocycles. The van der Waals surface area contributed by atoms with Crippen LogP contribution < -0.4 is 14.2 Å². The average Bonchev–Trinajstić information content (AvgIpc) is 2.64. The number of rotatable bonds is 6. The monoisotopic (exact) mass is 370 g/mol. The van der Waals surface area contributed by atoms with Gasteiger partial charge in [-0.3, -0.25) is 0 Å². The van der Waals surface area contributed by atoms with Gasteiger partial charge in [-0.25, -0.2) is 4.79 Å². The molecule has 0 heterocycles. The molecule has 1 unspecified atom stereocenters. The van der Waals surface area contributed by atoms with Gasteiger partial charge in [-0.15, -0.1) is 0 Å². The van der Waals surface area contributed by atoms with Gasteiger partial charge >= 0.3 is 5.97 Å². The molecule has 0 spiro atoms. The summed E-state index contributed by atoms with van der Waals surface area (Å²) in [5.41, 5.74) is 0.702. The van der Waals surface area contributed by atoms with E-state index < -0.39 is 12.1 Å². The highest BCUT2D eigenvalue weighted by Crippen LogP contribution is 2.37. The van der Waals surface area contributed by atoms with Crippen molar-refractivity contribution in [2.45, 2.75) is 20.0 Å². The minimum absolute atomic E-state index is 0.0266. The van der Waals surface area contributed by atoms with Crippen molar-refractivity contribution in [2.24, 2.45) is 0 Å². The van der Waals surface area contributed by atoms with Crippen LogP contribution in [0.15, 0.2) is 36.4 Å². The zero-order chi connectivity index (χ0) is 19.1. The highest BCUT2D eigenvalue weighted by Gasteiger charge is 2.22. The van der Waals surface area contributed by atoms with Crippen LogP contribution in [-0.2, 0) is 4.79 Å². The van der Waals surface area contributed by atoms with Crippen LogP contribution in [-0.4, -0.2) is 18.7 Å². The lowest BCUT2D eigenvalue weighted by Gasteiger charge is -2.16. The van der Waals surface area contributed by atoms with Crippen LogP contribution in [0.4, 0.5) is 0 Å². The first-order valence-electron chi connectivity index (χ1n) is 7.73. The number of nitrogens with zero attached hydrogens (tertiary/aromatic N) is 2. The first kappa shape index (κ1) is 19.1. The average molecular weight is 371 g/mol. The number of esters is 1. The second-order valence-corrected chi connectivity index (χ2v) is 5.56. The fourth-order valence-electron chi connectivity index (χ4n) is 2.07. The standard InChI is InChI=1S/C19H15ClN2O4/c1-3-24-17-9-14(11-22)8-16(20)18(17)26-19(23)12(2)25-15-6-4-5-13(7-15)10-21/h4-9,12H,3H2,1-2H3. The molecule has 2 aromatic carbocycles. The van der Waals surface area contributed by atoms with Gasteiger partial charge in [0.2, 0.25) is 0 Å². The summed E-state index contributed by atoms with van der Waals surface area (Å²) in [4.78, 5) is 12.3. The number of benzene rings is 2. The molecule has 0 aliphatic carbocycles. The molecule has 26 heavy (non-hydrogen) atoms. The molecule has 7 heteroatoms. The normalized spacial score (nSPS) is 11.0. The van der Waals surface area contributed by atoms with Crippen LogP contribution in [0.3, 0.4) is 0 Å². The molecular weight excluding hydrogens is 356 g/mol. The summed E-state index contributed by atoms with van der Waals surface area (Å²) in [7, 11) is 0. The molecule has 0 saturated carbocycles. The summed E-state index contributed by atoms with van der Waals surface area (Å²) in [6.07, 6.45) is -0.954. The third-order valence-corrected chi connectivity index (χ3v) is 3.53. The van der Waals surface area contributed by atoms with Crippen LogP contribution in [0, 0.1) is 22.7 Å². The Morgan fingerprint density at radius 3 is 2.58 bits per heavy atom. The Morgan fingerprint density at radius 1 is 1.19 bits per heavy atom. The van der Waals surface area contributed by atoms with Crippen LogP contribution >= 0.6 is 11.6 Å². The van der Waals surface area contributed by atoms with Crippen molar-refractivity contribution in [2.75, 3.05) is 6.61 Å². The summed E-state index contributed by atoms with van der Waals surface area (Å²) in [6, 6.07) is 13.2. The second-order valence-electron chi connectivity index (χ2n) is 5.15. The van der Waals surface area contributed by atoms with Gasteiger partial charge in [0.15, 0.2) is 17.6 Å². The molecule has 0 N–H and O–H groups in total. The van der Waals surface area contributed by atoms with Crippen molar-refractivity contribution in [1.82, 2.24) is 0 Å². The molecule has 6 nitrogen and oxygen atoms in total. The maximum absolute atomic E-state index is 12.3. The number of ether oxygens (including phenoxy) is 3. The van der Waals surface area contributed by atoms with Crippen LogP contribution in [0.2, 0.25) is 5.02 Å². The van der Waals surface area contributed by atoms with Gasteiger partial charge < -0.3 is 14.2 Å². The van der Waals surface area contributed by atoms with E-state index in [1.54, 1.807) is 25.1 Å². The van der Waals surface area contributed by atoms with Crippen molar-refractivity contribution in [3.05, 3.63) is 52.5 Å². The number of carbonyl (C=O) groups excluding carboxylic acids is 1. The molecule has 0 bridgehead atoms. The Hall–Kier alpha value is -3.22.